The normalized spacial score (nSPS) is 15.9. The minimum absolute atomic E-state index is 0.319. The Hall–Kier alpha value is -2.13. The van der Waals surface area contributed by atoms with Crippen LogP contribution in [0.4, 0.5) is 0 Å². The molecule has 0 aromatic heterocycles. The summed E-state index contributed by atoms with van der Waals surface area (Å²) < 4.78 is 6.03. The molecule has 0 spiro atoms. The molecule has 0 heterocycles. The first-order valence-corrected chi connectivity index (χ1v) is 9.28. The summed E-state index contributed by atoms with van der Waals surface area (Å²) in [5.74, 6) is 0.968. The lowest BCUT2D eigenvalue weighted by Gasteiger charge is -2.13. The van der Waals surface area contributed by atoms with E-state index >= 15 is 0 Å². The van der Waals surface area contributed by atoms with Gasteiger partial charge < -0.3 is 15.5 Å². The van der Waals surface area contributed by atoms with Gasteiger partial charge in [0.15, 0.2) is 0 Å². The fraction of sp³-hybridized carbons (Fsp3) is 0.409. The number of rotatable bonds is 7. The van der Waals surface area contributed by atoms with E-state index in [1.165, 1.54) is 36.8 Å². The number of hydrogen-bond donors (Lipinski definition) is 2. The van der Waals surface area contributed by atoms with E-state index < -0.39 is 0 Å². The molecule has 1 saturated carbocycles. The highest BCUT2D eigenvalue weighted by Gasteiger charge is 2.16. The minimum Gasteiger partial charge on any atom is -0.490 e. The van der Waals surface area contributed by atoms with E-state index in [-0.39, 0.29) is 0 Å². The number of hydrogen-bond acceptors (Lipinski definition) is 3. The second-order valence-electron chi connectivity index (χ2n) is 7.00. The van der Waals surface area contributed by atoms with Crippen molar-refractivity contribution in [2.24, 2.45) is 0 Å². The van der Waals surface area contributed by atoms with E-state index in [1.54, 1.807) is 0 Å². The monoisotopic (exact) mass is 336 g/mol. The maximum atomic E-state index is 8.22. The van der Waals surface area contributed by atoms with Crippen molar-refractivity contribution < 1.29 is 4.74 Å². The largest absolute Gasteiger partial charge is 0.490 e. The molecule has 1 aliphatic carbocycles. The van der Waals surface area contributed by atoms with E-state index in [2.05, 4.69) is 48.6 Å². The van der Waals surface area contributed by atoms with Crippen LogP contribution < -0.4 is 10.1 Å². The Morgan fingerprint density at radius 1 is 1.04 bits per heavy atom. The molecule has 2 aromatic carbocycles. The molecule has 0 amide bonds. The first-order chi connectivity index (χ1) is 12.2. The third-order valence-electron chi connectivity index (χ3n) is 5.03. The van der Waals surface area contributed by atoms with Crippen molar-refractivity contribution >= 4 is 5.71 Å². The number of benzene rings is 2. The molecular weight excluding hydrogens is 308 g/mol. The van der Waals surface area contributed by atoms with Crippen molar-refractivity contribution in [3.8, 4) is 16.9 Å². The van der Waals surface area contributed by atoms with Gasteiger partial charge in [0.25, 0.3) is 0 Å². The van der Waals surface area contributed by atoms with Gasteiger partial charge in [-0.3, -0.25) is 0 Å². The average Bonchev–Trinajstić information content (AvgIpc) is 3.15. The third kappa shape index (κ3) is 4.70. The Morgan fingerprint density at radius 3 is 2.16 bits per heavy atom. The smallest absolute Gasteiger partial charge is 0.119 e. The third-order valence-corrected chi connectivity index (χ3v) is 5.03. The van der Waals surface area contributed by atoms with Crippen molar-refractivity contribution in [3.63, 3.8) is 0 Å². The van der Waals surface area contributed by atoms with Crippen LogP contribution in [0.2, 0.25) is 0 Å². The second kappa shape index (κ2) is 8.30. The molecular formula is C22H28N2O. The van der Waals surface area contributed by atoms with Crippen LogP contribution in [0.15, 0.2) is 48.5 Å². The van der Waals surface area contributed by atoms with Crippen molar-refractivity contribution in [2.45, 2.75) is 51.2 Å². The first-order valence-electron chi connectivity index (χ1n) is 9.28. The fourth-order valence-electron chi connectivity index (χ4n) is 3.31. The highest BCUT2D eigenvalue weighted by atomic mass is 16.5. The quantitative estimate of drug-likeness (QED) is 0.696. The van der Waals surface area contributed by atoms with Gasteiger partial charge in [-0.05, 0) is 68.5 Å². The second-order valence-corrected chi connectivity index (χ2v) is 7.00. The molecule has 0 radical (unpaired) electrons. The summed E-state index contributed by atoms with van der Waals surface area (Å²) in [6.45, 7) is 2.10. The lowest BCUT2D eigenvalue weighted by Crippen LogP contribution is -2.24. The van der Waals surface area contributed by atoms with Gasteiger partial charge >= 0.3 is 0 Å². The van der Waals surface area contributed by atoms with Gasteiger partial charge in [-0.1, -0.05) is 36.4 Å². The molecule has 1 unspecified atom stereocenters. The summed E-state index contributed by atoms with van der Waals surface area (Å²) in [5, 5.41) is 11.4. The van der Waals surface area contributed by atoms with E-state index in [9.17, 15) is 0 Å². The first kappa shape index (κ1) is 17.7. The van der Waals surface area contributed by atoms with E-state index in [0.29, 0.717) is 17.9 Å². The Kier molecular flexibility index (Phi) is 5.87. The highest BCUT2D eigenvalue weighted by molar-refractivity contribution is 5.98. The molecule has 25 heavy (non-hydrogen) atoms. The molecule has 2 aromatic rings. The van der Waals surface area contributed by atoms with Gasteiger partial charge in [-0.25, -0.2) is 0 Å². The van der Waals surface area contributed by atoms with E-state index in [0.717, 1.165) is 17.7 Å². The SMILES string of the molecule is CNC(C)CC(=N)c1ccc(-c2ccc(OC3CCCC3)cc2)cc1. The molecule has 0 aliphatic heterocycles. The van der Waals surface area contributed by atoms with Gasteiger partial charge in [-0.2, -0.15) is 0 Å². The minimum atomic E-state index is 0.319. The zero-order valence-electron chi connectivity index (χ0n) is 15.2. The molecule has 132 valence electrons. The highest BCUT2D eigenvalue weighted by Crippen LogP contribution is 2.27. The molecule has 1 aliphatic rings. The van der Waals surface area contributed by atoms with Crippen LogP contribution in [0.3, 0.4) is 0 Å². The Bertz CT molecular complexity index is 685. The molecule has 3 heteroatoms. The summed E-state index contributed by atoms with van der Waals surface area (Å²) in [7, 11) is 1.93. The lowest BCUT2D eigenvalue weighted by atomic mass is 9.99. The number of nitrogens with one attached hydrogen (secondary N) is 2. The van der Waals surface area contributed by atoms with Crippen LogP contribution >= 0.6 is 0 Å². The van der Waals surface area contributed by atoms with Gasteiger partial charge in [0, 0.05) is 18.2 Å². The molecule has 1 fully saturated rings. The standard InChI is InChI=1S/C22H28N2O/c1-16(24-2)15-22(23)19-9-7-17(8-10-19)18-11-13-21(14-12-18)25-20-5-3-4-6-20/h7-14,16,20,23-24H,3-6,15H2,1-2H3. The summed E-state index contributed by atoms with van der Waals surface area (Å²) in [6.07, 6.45) is 6.08. The van der Waals surface area contributed by atoms with Crippen LogP contribution in [0.5, 0.6) is 5.75 Å². The zero-order chi connectivity index (χ0) is 17.6. The van der Waals surface area contributed by atoms with Crippen molar-refractivity contribution in [2.75, 3.05) is 7.05 Å². The summed E-state index contributed by atoms with van der Waals surface area (Å²) in [5.41, 5.74) is 4.02. The predicted molar refractivity (Wildman–Crippen MR) is 105 cm³/mol. The van der Waals surface area contributed by atoms with Crippen LogP contribution in [0.25, 0.3) is 11.1 Å². The summed E-state index contributed by atoms with van der Waals surface area (Å²) >= 11 is 0. The fourth-order valence-corrected chi connectivity index (χ4v) is 3.31. The molecule has 0 saturated heterocycles. The lowest BCUT2D eigenvalue weighted by molar-refractivity contribution is 0.210. The van der Waals surface area contributed by atoms with E-state index in [4.69, 9.17) is 10.1 Å². The van der Waals surface area contributed by atoms with Crippen LogP contribution in [0, 0.1) is 5.41 Å². The molecule has 0 bridgehead atoms. The molecule has 1 atom stereocenters. The van der Waals surface area contributed by atoms with Gasteiger partial charge in [0.2, 0.25) is 0 Å². The molecule has 2 N–H and O–H groups in total. The van der Waals surface area contributed by atoms with Gasteiger partial charge in [0.05, 0.1) is 6.10 Å². The average molecular weight is 336 g/mol. The predicted octanol–water partition coefficient (Wildman–Crippen LogP) is 5.04. The maximum Gasteiger partial charge on any atom is 0.119 e. The van der Waals surface area contributed by atoms with Crippen molar-refractivity contribution in [1.82, 2.24) is 5.32 Å². The molecule has 3 nitrogen and oxygen atoms in total. The maximum absolute atomic E-state index is 8.22. The van der Waals surface area contributed by atoms with Crippen LogP contribution in [-0.4, -0.2) is 24.9 Å². The van der Waals surface area contributed by atoms with Crippen molar-refractivity contribution in [3.05, 3.63) is 54.1 Å². The van der Waals surface area contributed by atoms with Crippen LogP contribution in [0.1, 0.15) is 44.6 Å². The number of ether oxygens (including phenoxy) is 1. The Balaban J connectivity index is 1.64. The van der Waals surface area contributed by atoms with E-state index in [1.807, 2.05) is 19.2 Å². The molecule has 3 rings (SSSR count). The van der Waals surface area contributed by atoms with Crippen molar-refractivity contribution in [1.29, 1.82) is 5.41 Å². The van der Waals surface area contributed by atoms with Gasteiger partial charge in [0.1, 0.15) is 5.75 Å². The zero-order valence-corrected chi connectivity index (χ0v) is 15.2. The summed E-state index contributed by atoms with van der Waals surface area (Å²) in [6, 6.07) is 17.0. The topological polar surface area (TPSA) is 45.1 Å². The van der Waals surface area contributed by atoms with Crippen LogP contribution in [-0.2, 0) is 0 Å². The Labute approximate surface area is 150 Å². The summed E-state index contributed by atoms with van der Waals surface area (Å²) in [4.78, 5) is 0. The van der Waals surface area contributed by atoms with Gasteiger partial charge in [-0.15, -0.1) is 0 Å². The Morgan fingerprint density at radius 2 is 1.60 bits per heavy atom.